The molecule has 0 heterocycles. The summed E-state index contributed by atoms with van der Waals surface area (Å²) in [6.07, 6.45) is 1.05. The maximum Gasteiger partial charge on any atom is 0.500 e. The third-order valence-electron chi connectivity index (χ3n) is 2.17. The van der Waals surface area contributed by atoms with E-state index in [-0.39, 0.29) is 6.10 Å². The fourth-order valence-corrected chi connectivity index (χ4v) is 3.20. The van der Waals surface area contributed by atoms with Crippen molar-refractivity contribution < 1.29 is 18.4 Å². The molecule has 0 fully saturated rings. The fourth-order valence-electron chi connectivity index (χ4n) is 1.18. The summed E-state index contributed by atoms with van der Waals surface area (Å²) >= 11 is 0. The molecule has 0 rings (SSSR count). The molecule has 0 bridgehead atoms. The number of hydrogen-bond donors (Lipinski definition) is 2. The fraction of sp³-hybridized carbons (Fsp3) is 1.00. The zero-order valence-corrected chi connectivity index (χ0v) is 10.9. The Morgan fingerprint density at radius 1 is 1.33 bits per heavy atom. The molecule has 0 saturated carbocycles. The maximum atomic E-state index is 9.10. The van der Waals surface area contributed by atoms with Gasteiger partial charge in [0.1, 0.15) is 0 Å². The van der Waals surface area contributed by atoms with Gasteiger partial charge in [0.15, 0.2) is 0 Å². The molecule has 0 radical (unpaired) electrons. The Kier molecular flexibility index (Phi) is 8.21. The first-order chi connectivity index (χ1) is 7.10. The molecule has 3 N–H and O–H groups in total. The second-order valence-electron chi connectivity index (χ2n) is 3.47. The van der Waals surface area contributed by atoms with Crippen molar-refractivity contribution >= 4 is 8.80 Å². The van der Waals surface area contributed by atoms with Gasteiger partial charge in [-0.15, -0.1) is 0 Å². The molecule has 5 nitrogen and oxygen atoms in total. The highest BCUT2D eigenvalue weighted by Crippen LogP contribution is 2.16. The van der Waals surface area contributed by atoms with Gasteiger partial charge in [-0.2, -0.15) is 0 Å². The largest absolute Gasteiger partial charge is 0.500 e. The Bertz CT molecular complexity index is 153. The van der Waals surface area contributed by atoms with E-state index in [2.05, 4.69) is 0 Å². The minimum absolute atomic E-state index is 0.361. The predicted molar refractivity (Wildman–Crippen MR) is 60.5 cm³/mol. The van der Waals surface area contributed by atoms with E-state index in [4.69, 9.17) is 24.1 Å². The van der Waals surface area contributed by atoms with Crippen LogP contribution in [0.25, 0.3) is 0 Å². The molecular weight excluding hydrogens is 214 g/mol. The van der Waals surface area contributed by atoms with Crippen LogP contribution in [0.4, 0.5) is 0 Å². The molecule has 6 heteroatoms. The van der Waals surface area contributed by atoms with Crippen LogP contribution < -0.4 is 5.73 Å². The number of nitrogens with two attached hydrogens (primary N) is 1. The highest BCUT2D eigenvalue weighted by molar-refractivity contribution is 6.60. The van der Waals surface area contributed by atoms with E-state index in [1.54, 1.807) is 21.1 Å². The van der Waals surface area contributed by atoms with E-state index >= 15 is 0 Å². The van der Waals surface area contributed by atoms with Gasteiger partial charge in [0.25, 0.3) is 0 Å². The van der Waals surface area contributed by atoms with Crippen molar-refractivity contribution in [1.29, 1.82) is 0 Å². The topological polar surface area (TPSA) is 73.9 Å². The summed E-state index contributed by atoms with van der Waals surface area (Å²) in [5.74, 6) is 0. The molecule has 0 saturated heterocycles. The number of aliphatic hydroxyl groups is 1. The van der Waals surface area contributed by atoms with Crippen molar-refractivity contribution in [3.8, 4) is 0 Å². The van der Waals surface area contributed by atoms with Crippen LogP contribution in [0.2, 0.25) is 6.04 Å². The number of rotatable bonds is 9. The molecule has 1 unspecified atom stereocenters. The zero-order chi connectivity index (χ0) is 11.7. The van der Waals surface area contributed by atoms with Crippen LogP contribution in [-0.2, 0) is 13.3 Å². The van der Waals surface area contributed by atoms with Gasteiger partial charge in [-0.3, -0.25) is 0 Å². The van der Waals surface area contributed by atoms with E-state index in [1.807, 2.05) is 0 Å². The maximum absolute atomic E-state index is 9.10. The van der Waals surface area contributed by atoms with Crippen LogP contribution in [0.1, 0.15) is 19.8 Å². The molecule has 0 aromatic heterocycles. The zero-order valence-electron chi connectivity index (χ0n) is 9.86. The molecular formula is C9H23NO4Si. The second-order valence-corrected chi connectivity index (χ2v) is 6.44. The average molecular weight is 237 g/mol. The summed E-state index contributed by atoms with van der Waals surface area (Å²) in [5, 5.41) is 9.10. The minimum atomic E-state index is -2.52. The Labute approximate surface area is 92.9 Å². The van der Waals surface area contributed by atoms with E-state index in [0.717, 1.165) is 12.5 Å². The van der Waals surface area contributed by atoms with Gasteiger partial charge in [0.05, 0.1) is 6.10 Å². The van der Waals surface area contributed by atoms with Gasteiger partial charge in [-0.25, -0.2) is 0 Å². The van der Waals surface area contributed by atoms with E-state index < -0.39 is 8.80 Å². The highest BCUT2D eigenvalue weighted by atomic mass is 28.4. The normalized spacial score (nSPS) is 14.2. The van der Waals surface area contributed by atoms with E-state index in [9.17, 15) is 0 Å². The Balaban J connectivity index is 3.99. The summed E-state index contributed by atoms with van der Waals surface area (Å²) in [6.45, 7) is 2.78. The molecule has 0 aliphatic rings. The van der Waals surface area contributed by atoms with Crippen LogP contribution in [0.5, 0.6) is 0 Å². The van der Waals surface area contributed by atoms with Gasteiger partial charge in [0.2, 0.25) is 0 Å². The lowest BCUT2D eigenvalue weighted by atomic mass is 10.3. The molecule has 92 valence electrons. The third-order valence-corrected chi connectivity index (χ3v) is 5.02. The van der Waals surface area contributed by atoms with Crippen molar-refractivity contribution in [2.45, 2.75) is 31.9 Å². The Hall–Kier alpha value is 0.0169. The Morgan fingerprint density at radius 3 is 2.33 bits per heavy atom. The lowest BCUT2D eigenvalue weighted by molar-refractivity contribution is 0.0782. The first-order valence-electron chi connectivity index (χ1n) is 5.22. The van der Waals surface area contributed by atoms with E-state index in [1.165, 1.54) is 0 Å². The van der Waals surface area contributed by atoms with Crippen molar-refractivity contribution in [2.24, 2.45) is 5.73 Å². The van der Waals surface area contributed by atoms with Crippen LogP contribution in [0.15, 0.2) is 0 Å². The minimum Gasteiger partial charge on any atom is -0.393 e. The van der Waals surface area contributed by atoms with Gasteiger partial charge in [-0.1, -0.05) is 0 Å². The van der Waals surface area contributed by atoms with Gasteiger partial charge < -0.3 is 24.1 Å². The van der Waals surface area contributed by atoms with Crippen molar-refractivity contribution in [2.75, 3.05) is 27.4 Å². The Morgan fingerprint density at radius 2 is 1.93 bits per heavy atom. The second kappa shape index (κ2) is 8.20. The SMILES string of the molecule is CO[Si](CCCN)(OC)OCCC(C)O. The van der Waals surface area contributed by atoms with Gasteiger partial charge >= 0.3 is 8.80 Å². The monoisotopic (exact) mass is 237 g/mol. The molecule has 15 heavy (non-hydrogen) atoms. The highest BCUT2D eigenvalue weighted by Gasteiger charge is 2.38. The third kappa shape index (κ3) is 6.24. The summed E-state index contributed by atoms with van der Waals surface area (Å²) in [6, 6.07) is 0.719. The quantitative estimate of drug-likeness (QED) is 0.566. The molecule has 0 spiro atoms. The number of aliphatic hydroxyl groups excluding tert-OH is 1. The number of hydrogen-bond acceptors (Lipinski definition) is 5. The molecule has 0 aliphatic carbocycles. The molecule has 0 aromatic carbocycles. The van der Waals surface area contributed by atoms with E-state index in [0.29, 0.717) is 19.6 Å². The molecule has 1 atom stereocenters. The summed E-state index contributed by atoms with van der Waals surface area (Å²) in [7, 11) is 0.661. The van der Waals surface area contributed by atoms with Crippen LogP contribution in [-0.4, -0.2) is 47.4 Å². The van der Waals surface area contributed by atoms with Gasteiger partial charge in [-0.05, 0) is 26.3 Å². The molecule has 0 amide bonds. The first-order valence-corrected chi connectivity index (χ1v) is 7.15. The lowest BCUT2D eigenvalue weighted by Gasteiger charge is -2.26. The summed E-state index contributed by atoms with van der Waals surface area (Å²) in [5.41, 5.74) is 5.44. The standard InChI is InChI=1S/C9H23NO4Si/c1-9(11)5-7-14-15(12-2,13-3)8-4-6-10/h9,11H,4-8,10H2,1-3H3. The van der Waals surface area contributed by atoms with Crippen LogP contribution >= 0.6 is 0 Å². The molecule has 0 aliphatic heterocycles. The van der Waals surface area contributed by atoms with Crippen molar-refractivity contribution in [1.82, 2.24) is 0 Å². The predicted octanol–water partition coefficient (Wildman–Crippen LogP) is 0.354. The average Bonchev–Trinajstić information content (AvgIpc) is 2.23. The molecule has 0 aromatic rings. The lowest BCUT2D eigenvalue weighted by Crippen LogP contribution is -2.44. The van der Waals surface area contributed by atoms with Crippen molar-refractivity contribution in [3.05, 3.63) is 0 Å². The smallest absolute Gasteiger partial charge is 0.393 e. The summed E-state index contributed by atoms with van der Waals surface area (Å²) in [4.78, 5) is 0. The van der Waals surface area contributed by atoms with Crippen molar-refractivity contribution in [3.63, 3.8) is 0 Å². The summed E-state index contributed by atoms with van der Waals surface area (Å²) < 4.78 is 16.3. The van der Waals surface area contributed by atoms with Crippen LogP contribution in [0, 0.1) is 0 Å². The van der Waals surface area contributed by atoms with Crippen LogP contribution in [0.3, 0.4) is 0 Å². The first kappa shape index (κ1) is 15.0. The van der Waals surface area contributed by atoms with Gasteiger partial charge in [0, 0.05) is 26.9 Å².